The molecule has 3 aromatic rings. The van der Waals surface area contributed by atoms with Crippen LogP contribution < -0.4 is 9.54 Å². The fourth-order valence-electron chi connectivity index (χ4n) is 4.31. The van der Waals surface area contributed by atoms with Gasteiger partial charge in [-0.05, 0) is 54.7 Å². The number of amides is 1. The summed E-state index contributed by atoms with van der Waals surface area (Å²) in [5.74, 6) is 0.948. The molecule has 1 amide bonds. The quantitative estimate of drug-likeness (QED) is 0.579. The first-order valence-electron chi connectivity index (χ1n) is 10.5. The maximum absolute atomic E-state index is 13.1. The van der Waals surface area contributed by atoms with Gasteiger partial charge in [-0.2, -0.15) is 9.30 Å². The number of fused-ring (bicyclic) bond motifs is 1. The Hall–Kier alpha value is -2.49. The first kappa shape index (κ1) is 22.7. The molecule has 2 atom stereocenters. The number of thiazole rings is 1. The lowest BCUT2D eigenvalue weighted by Crippen LogP contribution is -2.42. The van der Waals surface area contributed by atoms with Gasteiger partial charge in [0.1, 0.15) is 11.3 Å². The van der Waals surface area contributed by atoms with E-state index in [1.807, 2.05) is 29.8 Å². The average Bonchev–Trinajstić information content (AvgIpc) is 3.08. The lowest BCUT2D eigenvalue weighted by molar-refractivity contribution is 0.0998. The first-order valence-corrected chi connectivity index (χ1v) is 12.8. The number of sulfonamides is 1. The summed E-state index contributed by atoms with van der Waals surface area (Å²) in [6.45, 7) is 5.19. The van der Waals surface area contributed by atoms with Crippen LogP contribution in [0.4, 0.5) is 0 Å². The van der Waals surface area contributed by atoms with Gasteiger partial charge in [-0.25, -0.2) is 8.42 Å². The SMILES string of the molecule is COc1cccc2sc(=NC(=O)c3ccc(S(=O)(=O)N4C[C@@H](C)C[C@H](C)C4)cc3)n(C)c12. The molecular formula is C23H27N3O4S2. The number of ether oxygens (including phenoxy) is 1. The lowest BCUT2D eigenvalue weighted by atomic mass is 9.94. The Morgan fingerprint density at radius 1 is 1.09 bits per heavy atom. The minimum absolute atomic E-state index is 0.201. The van der Waals surface area contributed by atoms with Crippen LogP contribution in [0.25, 0.3) is 10.2 Å². The third-order valence-corrected chi connectivity index (χ3v) is 8.72. The van der Waals surface area contributed by atoms with E-state index in [1.54, 1.807) is 11.4 Å². The predicted molar refractivity (Wildman–Crippen MR) is 125 cm³/mol. The van der Waals surface area contributed by atoms with Crippen molar-refractivity contribution >= 4 is 37.5 Å². The number of aryl methyl sites for hydroxylation is 1. The van der Waals surface area contributed by atoms with Crippen LogP contribution in [0, 0.1) is 11.8 Å². The molecule has 1 fully saturated rings. The summed E-state index contributed by atoms with van der Waals surface area (Å²) in [5.41, 5.74) is 1.21. The van der Waals surface area contributed by atoms with Gasteiger partial charge in [-0.3, -0.25) is 4.79 Å². The number of para-hydroxylation sites is 1. The zero-order valence-corrected chi connectivity index (χ0v) is 20.2. The summed E-state index contributed by atoms with van der Waals surface area (Å²) in [7, 11) is -0.142. The highest BCUT2D eigenvalue weighted by molar-refractivity contribution is 7.89. The molecule has 0 bridgehead atoms. The van der Waals surface area contributed by atoms with Crippen molar-refractivity contribution in [3.63, 3.8) is 0 Å². The average molecular weight is 474 g/mol. The van der Waals surface area contributed by atoms with Crippen molar-refractivity contribution in [2.75, 3.05) is 20.2 Å². The Morgan fingerprint density at radius 3 is 2.38 bits per heavy atom. The lowest BCUT2D eigenvalue weighted by Gasteiger charge is -2.34. The molecule has 32 heavy (non-hydrogen) atoms. The predicted octanol–water partition coefficient (Wildman–Crippen LogP) is 3.66. The van der Waals surface area contributed by atoms with E-state index in [9.17, 15) is 13.2 Å². The second-order valence-corrected chi connectivity index (χ2v) is 11.4. The fourth-order valence-corrected chi connectivity index (χ4v) is 7.03. The van der Waals surface area contributed by atoms with E-state index < -0.39 is 15.9 Å². The van der Waals surface area contributed by atoms with Gasteiger partial charge in [-0.15, -0.1) is 0 Å². The van der Waals surface area contributed by atoms with Gasteiger partial charge in [0.2, 0.25) is 10.0 Å². The zero-order valence-electron chi connectivity index (χ0n) is 18.6. The molecular weight excluding hydrogens is 446 g/mol. The van der Waals surface area contributed by atoms with Gasteiger partial charge in [0.15, 0.2) is 4.80 Å². The minimum Gasteiger partial charge on any atom is -0.495 e. The molecule has 170 valence electrons. The third kappa shape index (κ3) is 4.24. The highest BCUT2D eigenvalue weighted by atomic mass is 32.2. The van der Waals surface area contributed by atoms with Crippen molar-refractivity contribution in [1.82, 2.24) is 8.87 Å². The van der Waals surface area contributed by atoms with E-state index in [4.69, 9.17) is 4.74 Å². The number of carbonyl (C=O) groups is 1. The summed E-state index contributed by atoms with van der Waals surface area (Å²) in [4.78, 5) is 17.8. The van der Waals surface area contributed by atoms with E-state index in [1.165, 1.54) is 35.6 Å². The summed E-state index contributed by atoms with van der Waals surface area (Å²) in [6, 6.07) is 11.8. The molecule has 2 heterocycles. The molecule has 0 N–H and O–H groups in total. The van der Waals surface area contributed by atoms with Crippen LogP contribution in [0.2, 0.25) is 0 Å². The van der Waals surface area contributed by atoms with Crippen molar-refractivity contribution in [1.29, 1.82) is 0 Å². The van der Waals surface area contributed by atoms with E-state index in [0.717, 1.165) is 16.6 Å². The summed E-state index contributed by atoms with van der Waals surface area (Å²) < 4.78 is 35.9. The van der Waals surface area contributed by atoms with Crippen molar-refractivity contribution in [2.24, 2.45) is 23.9 Å². The molecule has 1 aliphatic heterocycles. The number of piperidine rings is 1. The number of carbonyl (C=O) groups excluding carboxylic acids is 1. The second kappa shape index (κ2) is 8.80. The van der Waals surface area contributed by atoms with Crippen LogP contribution in [0.15, 0.2) is 52.4 Å². The Labute approximate surface area is 192 Å². The monoisotopic (exact) mass is 473 g/mol. The molecule has 0 aliphatic carbocycles. The van der Waals surface area contributed by atoms with E-state index >= 15 is 0 Å². The maximum Gasteiger partial charge on any atom is 0.279 e. The summed E-state index contributed by atoms with van der Waals surface area (Å²) >= 11 is 1.40. The van der Waals surface area contributed by atoms with E-state index in [2.05, 4.69) is 18.8 Å². The van der Waals surface area contributed by atoms with Crippen LogP contribution in [0.3, 0.4) is 0 Å². The number of methoxy groups -OCH3 is 1. The van der Waals surface area contributed by atoms with Crippen molar-refractivity contribution < 1.29 is 17.9 Å². The minimum atomic E-state index is -3.59. The molecule has 0 spiro atoms. The first-order chi connectivity index (χ1) is 15.2. The van der Waals surface area contributed by atoms with Crippen LogP contribution in [0.1, 0.15) is 30.6 Å². The van der Waals surface area contributed by atoms with Crippen molar-refractivity contribution in [3.8, 4) is 5.75 Å². The maximum atomic E-state index is 13.1. The highest BCUT2D eigenvalue weighted by Gasteiger charge is 2.31. The molecule has 0 unspecified atom stereocenters. The number of nitrogens with zero attached hydrogens (tertiary/aromatic N) is 3. The third-order valence-electron chi connectivity index (χ3n) is 5.78. The number of aromatic nitrogens is 1. The smallest absolute Gasteiger partial charge is 0.279 e. The van der Waals surface area contributed by atoms with Crippen LogP contribution in [0.5, 0.6) is 5.75 Å². The van der Waals surface area contributed by atoms with Gasteiger partial charge in [-0.1, -0.05) is 31.3 Å². The van der Waals surface area contributed by atoms with Gasteiger partial charge in [0.05, 0.1) is 16.7 Å². The van der Waals surface area contributed by atoms with Gasteiger partial charge < -0.3 is 9.30 Å². The molecule has 1 saturated heterocycles. The van der Waals surface area contributed by atoms with Gasteiger partial charge >= 0.3 is 0 Å². The fraction of sp³-hybridized carbons (Fsp3) is 0.391. The largest absolute Gasteiger partial charge is 0.495 e. The Kier molecular flexibility index (Phi) is 6.24. The highest BCUT2D eigenvalue weighted by Crippen LogP contribution is 2.28. The second-order valence-electron chi connectivity index (χ2n) is 8.46. The van der Waals surface area contributed by atoms with Crippen LogP contribution in [-0.4, -0.2) is 43.4 Å². The number of hydrogen-bond acceptors (Lipinski definition) is 5. The standard InChI is InChI=1S/C23H27N3O4S2/c1-15-12-16(2)14-26(13-15)32(28,29)18-10-8-17(9-11-18)22(27)24-23-25(3)21-19(30-4)6-5-7-20(21)31-23/h5-11,15-16H,12-14H2,1-4H3/t15-,16-/m0/s1. The van der Waals surface area contributed by atoms with Crippen LogP contribution >= 0.6 is 11.3 Å². The molecule has 1 aliphatic rings. The normalized spacial score (nSPS) is 20.6. The Bertz CT molecular complexity index is 1310. The Balaban J connectivity index is 1.62. The summed E-state index contributed by atoms with van der Waals surface area (Å²) in [6.07, 6.45) is 1.03. The molecule has 9 heteroatoms. The molecule has 0 saturated carbocycles. The topological polar surface area (TPSA) is 81.0 Å². The number of benzene rings is 2. The van der Waals surface area contributed by atoms with Crippen molar-refractivity contribution in [2.45, 2.75) is 25.2 Å². The molecule has 2 aromatic carbocycles. The van der Waals surface area contributed by atoms with Gasteiger partial charge in [0.25, 0.3) is 5.91 Å². The number of rotatable bonds is 4. The molecule has 1 aromatic heterocycles. The van der Waals surface area contributed by atoms with Crippen LogP contribution in [-0.2, 0) is 17.1 Å². The molecule has 7 nitrogen and oxygen atoms in total. The van der Waals surface area contributed by atoms with E-state index in [-0.39, 0.29) is 4.90 Å². The molecule has 4 rings (SSSR count). The van der Waals surface area contributed by atoms with Gasteiger partial charge in [0, 0.05) is 25.7 Å². The number of hydrogen-bond donors (Lipinski definition) is 0. The van der Waals surface area contributed by atoms with Crippen molar-refractivity contribution in [3.05, 3.63) is 52.8 Å². The zero-order chi connectivity index (χ0) is 23.0. The molecule has 0 radical (unpaired) electrons. The summed E-state index contributed by atoms with van der Waals surface area (Å²) in [5, 5.41) is 0. The Morgan fingerprint density at radius 2 is 1.75 bits per heavy atom. The van der Waals surface area contributed by atoms with E-state index in [0.29, 0.717) is 41.0 Å².